The number of hydrogen-bond donors (Lipinski definition) is 2. The summed E-state index contributed by atoms with van der Waals surface area (Å²) in [4.78, 5) is 4.78. The summed E-state index contributed by atoms with van der Waals surface area (Å²) >= 11 is 0. The Morgan fingerprint density at radius 1 is 1.10 bits per heavy atom. The van der Waals surface area contributed by atoms with Gasteiger partial charge in [-0.1, -0.05) is 26.0 Å². The number of aliphatic imine (C=N–C) groups is 1. The molecule has 0 spiro atoms. The Balaban J connectivity index is 1.71. The first kappa shape index (κ1) is 14.0. The van der Waals surface area contributed by atoms with Gasteiger partial charge in [0.05, 0.1) is 6.54 Å². The number of dihydropyridines is 1. The van der Waals surface area contributed by atoms with Crippen LogP contribution < -0.4 is 0 Å². The van der Waals surface area contributed by atoms with Gasteiger partial charge < -0.3 is 10.2 Å². The number of fused-ring (bicyclic) bond motifs is 5. The van der Waals surface area contributed by atoms with Gasteiger partial charge >= 0.3 is 0 Å². The standard InChI is InChI=1S/C18H27NO2/c1-16-8-3-11-19-15(16)5-4-12-13(16)6-9-17(2)14(12)7-10-18(17,20)21/h3,8,12-14,20-21H,4-7,9-11H2,1-2H3/t12-,13-,14+,16-,17+/m1/s1. The summed E-state index contributed by atoms with van der Waals surface area (Å²) in [5.74, 6) is 0.255. The van der Waals surface area contributed by atoms with E-state index in [1.807, 2.05) is 0 Å². The van der Waals surface area contributed by atoms with Crippen LogP contribution in [0.3, 0.4) is 0 Å². The molecule has 3 heteroatoms. The van der Waals surface area contributed by atoms with Gasteiger partial charge in [0.1, 0.15) is 0 Å². The SMILES string of the molecule is C[C@]12C=CCN=C1CC[C@@H]1[C@H]2CC[C@@]2(C)[C@H]1CCC2(O)O. The summed E-state index contributed by atoms with van der Waals surface area (Å²) in [6.07, 6.45) is 10.4. The molecule has 0 radical (unpaired) electrons. The van der Waals surface area contributed by atoms with E-state index in [0.717, 1.165) is 32.2 Å². The van der Waals surface area contributed by atoms with Gasteiger partial charge in [0.25, 0.3) is 0 Å². The van der Waals surface area contributed by atoms with Crippen LogP contribution in [0.15, 0.2) is 17.1 Å². The van der Waals surface area contributed by atoms with E-state index in [1.54, 1.807) is 0 Å². The first-order valence-electron chi connectivity index (χ1n) is 8.55. The third-order valence-electron chi connectivity index (χ3n) is 7.50. The largest absolute Gasteiger partial charge is 0.365 e. The third kappa shape index (κ3) is 1.65. The normalized spacial score (nSPS) is 50.9. The van der Waals surface area contributed by atoms with Crippen LogP contribution in [-0.2, 0) is 0 Å². The molecule has 1 aliphatic heterocycles. The molecular weight excluding hydrogens is 262 g/mol. The van der Waals surface area contributed by atoms with Crippen molar-refractivity contribution in [2.45, 2.75) is 58.2 Å². The van der Waals surface area contributed by atoms with Gasteiger partial charge in [-0.15, -0.1) is 0 Å². The second kappa shape index (κ2) is 4.20. The highest BCUT2D eigenvalue weighted by Gasteiger charge is 2.63. The van der Waals surface area contributed by atoms with Gasteiger partial charge in [-0.25, -0.2) is 0 Å². The summed E-state index contributed by atoms with van der Waals surface area (Å²) < 4.78 is 0. The molecule has 0 aromatic heterocycles. The minimum Gasteiger partial charge on any atom is -0.365 e. The zero-order chi connectivity index (χ0) is 14.9. The van der Waals surface area contributed by atoms with Crippen molar-refractivity contribution in [3.63, 3.8) is 0 Å². The van der Waals surface area contributed by atoms with Crippen molar-refractivity contribution in [1.82, 2.24) is 0 Å². The average molecular weight is 289 g/mol. The Hall–Kier alpha value is -0.670. The fourth-order valence-corrected chi connectivity index (χ4v) is 6.14. The summed E-state index contributed by atoms with van der Waals surface area (Å²) in [5.41, 5.74) is 1.21. The lowest BCUT2D eigenvalue weighted by molar-refractivity contribution is -0.245. The lowest BCUT2D eigenvalue weighted by Crippen LogP contribution is -2.55. The van der Waals surface area contributed by atoms with Gasteiger partial charge in [0.15, 0.2) is 5.79 Å². The molecule has 0 saturated heterocycles. The molecule has 2 N–H and O–H groups in total. The molecule has 116 valence electrons. The summed E-state index contributed by atoms with van der Waals surface area (Å²) in [6.45, 7) is 5.32. The number of allylic oxidation sites excluding steroid dienone is 1. The van der Waals surface area contributed by atoms with Crippen molar-refractivity contribution in [3.8, 4) is 0 Å². The predicted molar refractivity (Wildman–Crippen MR) is 83.0 cm³/mol. The van der Waals surface area contributed by atoms with E-state index in [0.29, 0.717) is 24.2 Å². The maximum absolute atomic E-state index is 10.5. The van der Waals surface area contributed by atoms with E-state index in [9.17, 15) is 10.2 Å². The van der Waals surface area contributed by atoms with Crippen molar-refractivity contribution >= 4 is 5.71 Å². The topological polar surface area (TPSA) is 52.8 Å². The fraction of sp³-hybridized carbons (Fsp3) is 0.833. The van der Waals surface area contributed by atoms with Gasteiger partial charge in [-0.2, -0.15) is 0 Å². The van der Waals surface area contributed by atoms with Crippen LogP contribution in [0.5, 0.6) is 0 Å². The van der Waals surface area contributed by atoms with Crippen molar-refractivity contribution < 1.29 is 10.2 Å². The number of rotatable bonds is 0. The predicted octanol–water partition coefficient (Wildman–Crippen LogP) is 2.92. The van der Waals surface area contributed by atoms with E-state index in [4.69, 9.17) is 4.99 Å². The third-order valence-corrected chi connectivity index (χ3v) is 7.50. The summed E-state index contributed by atoms with van der Waals surface area (Å²) in [7, 11) is 0. The van der Waals surface area contributed by atoms with Crippen LogP contribution in [-0.4, -0.2) is 28.3 Å². The van der Waals surface area contributed by atoms with Gasteiger partial charge in [0, 0.05) is 23.0 Å². The maximum atomic E-state index is 10.5. The minimum absolute atomic E-state index is 0.124. The molecule has 21 heavy (non-hydrogen) atoms. The molecular formula is C18H27NO2. The Bertz CT molecular complexity index is 523. The molecule has 3 saturated carbocycles. The Kier molecular flexibility index (Phi) is 2.79. The lowest BCUT2D eigenvalue weighted by Gasteiger charge is -2.56. The second-order valence-corrected chi connectivity index (χ2v) is 8.20. The van der Waals surface area contributed by atoms with Crippen LogP contribution in [0.4, 0.5) is 0 Å². The Labute approximate surface area is 127 Å². The quantitative estimate of drug-likeness (QED) is 0.532. The molecule has 0 bridgehead atoms. The Morgan fingerprint density at radius 2 is 1.86 bits per heavy atom. The van der Waals surface area contributed by atoms with Crippen molar-refractivity contribution in [3.05, 3.63) is 12.2 Å². The van der Waals surface area contributed by atoms with Gasteiger partial charge in [-0.05, 0) is 49.9 Å². The number of hydrogen-bond acceptors (Lipinski definition) is 3. The van der Waals surface area contributed by atoms with Crippen LogP contribution in [0.25, 0.3) is 0 Å². The highest BCUT2D eigenvalue weighted by atomic mass is 16.5. The minimum atomic E-state index is -1.46. The second-order valence-electron chi connectivity index (χ2n) is 8.20. The molecule has 0 aromatic rings. The molecule has 3 aliphatic carbocycles. The molecule has 4 aliphatic rings. The maximum Gasteiger partial charge on any atom is 0.168 e. The molecule has 0 amide bonds. The zero-order valence-corrected chi connectivity index (χ0v) is 13.2. The van der Waals surface area contributed by atoms with E-state index in [-0.39, 0.29) is 10.8 Å². The van der Waals surface area contributed by atoms with E-state index < -0.39 is 5.79 Å². The van der Waals surface area contributed by atoms with Crippen molar-refractivity contribution in [1.29, 1.82) is 0 Å². The molecule has 4 rings (SSSR count). The lowest BCUT2D eigenvalue weighted by atomic mass is 9.49. The molecule has 3 fully saturated rings. The van der Waals surface area contributed by atoms with E-state index >= 15 is 0 Å². The first-order valence-corrected chi connectivity index (χ1v) is 8.55. The van der Waals surface area contributed by atoms with E-state index in [2.05, 4.69) is 26.0 Å². The van der Waals surface area contributed by atoms with E-state index in [1.165, 1.54) is 12.1 Å². The number of nitrogens with zero attached hydrogens (tertiary/aromatic N) is 1. The van der Waals surface area contributed by atoms with Crippen molar-refractivity contribution in [2.75, 3.05) is 6.54 Å². The summed E-state index contributed by atoms with van der Waals surface area (Å²) in [6, 6.07) is 0. The average Bonchev–Trinajstić information content (AvgIpc) is 2.69. The summed E-state index contributed by atoms with van der Waals surface area (Å²) in [5, 5.41) is 20.9. The fourth-order valence-electron chi connectivity index (χ4n) is 6.14. The Morgan fingerprint density at radius 3 is 2.67 bits per heavy atom. The molecule has 0 aromatic carbocycles. The van der Waals surface area contributed by atoms with Crippen LogP contribution in [0.1, 0.15) is 52.4 Å². The first-order chi connectivity index (χ1) is 9.88. The van der Waals surface area contributed by atoms with Crippen LogP contribution in [0.2, 0.25) is 0 Å². The molecule has 0 unspecified atom stereocenters. The monoisotopic (exact) mass is 289 g/mol. The van der Waals surface area contributed by atoms with Crippen molar-refractivity contribution in [2.24, 2.45) is 33.6 Å². The van der Waals surface area contributed by atoms with Gasteiger partial charge in [0.2, 0.25) is 0 Å². The molecule has 5 atom stereocenters. The van der Waals surface area contributed by atoms with Crippen LogP contribution >= 0.6 is 0 Å². The van der Waals surface area contributed by atoms with Gasteiger partial charge in [-0.3, -0.25) is 4.99 Å². The number of aliphatic hydroxyl groups is 2. The highest BCUT2D eigenvalue weighted by Crippen LogP contribution is 2.64. The zero-order valence-electron chi connectivity index (χ0n) is 13.2. The molecule has 1 heterocycles. The van der Waals surface area contributed by atoms with Crippen LogP contribution in [0, 0.1) is 28.6 Å². The highest BCUT2D eigenvalue weighted by molar-refractivity contribution is 5.93. The molecule has 3 nitrogen and oxygen atoms in total. The smallest absolute Gasteiger partial charge is 0.168 e.